The van der Waals surface area contributed by atoms with Crippen LogP contribution >= 0.6 is 0 Å². The fourth-order valence-corrected chi connectivity index (χ4v) is 1.97. The van der Waals surface area contributed by atoms with Crippen molar-refractivity contribution in [1.29, 1.82) is 0 Å². The van der Waals surface area contributed by atoms with E-state index in [2.05, 4.69) is 32.8 Å². The molecule has 0 saturated heterocycles. The summed E-state index contributed by atoms with van der Waals surface area (Å²) in [5.74, 6) is 1.23. The van der Waals surface area contributed by atoms with Gasteiger partial charge in [-0.2, -0.15) is 5.10 Å². The smallest absolute Gasteiger partial charge is 0.213 e. The summed E-state index contributed by atoms with van der Waals surface area (Å²) >= 11 is 0. The van der Waals surface area contributed by atoms with E-state index in [9.17, 15) is 5.11 Å². The molecule has 1 heterocycles. The average Bonchev–Trinajstić information content (AvgIpc) is 2.41. The molecular formula is C13H24N2O. The number of aromatic nitrogens is 2. The molecule has 0 fully saturated rings. The molecule has 16 heavy (non-hydrogen) atoms. The molecule has 92 valence electrons. The summed E-state index contributed by atoms with van der Waals surface area (Å²) in [7, 11) is 0. The van der Waals surface area contributed by atoms with Gasteiger partial charge in [0.15, 0.2) is 0 Å². The molecule has 1 N–H and O–H groups in total. The first-order valence-electron chi connectivity index (χ1n) is 6.14. The van der Waals surface area contributed by atoms with E-state index < -0.39 is 0 Å². The second-order valence-electron chi connectivity index (χ2n) is 5.47. The minimum Gasteiger partial charge on any atom is -0.493 e. The van der Waals surface area contributed by atoms with E-state index in [-0.39, 0.29) is 6.04 Å². The van der Waals surface area contributed by atoms with Gasteiger partial charge in [0, 0.05) is 5.56 Å². The maximum absolute atomic E-state index is 10.2. The number of rotatable bonds is 4. The molecule has 0 amide bonds. The first kappa shape index (κ1) is 13.1. The van der Waals surface area contributed by atoms with Crippen LogP contribution in [-0.4, -0.2) is 14.9 Å². The SMILES string of the molecule is CC(C)Cc1nn(C(C)C)c(O)c1C(C)C. The van der Waals surface area contributed by atoms with Crippen molar-refractivity contribution >= 4 is 0 Å². The Balaban J connectivity index is 3.20. The molecule has 3 heteroatoms. The molecular weight excluding hydrogens is 200 g/mol. The molecule has 0 unspecified atom stereocenters. The van der Waals surface area contributed by atoms with Gasteiger partial charge in [0.1, 0.15) is 0 Å². The topological polar surface area (TPSA) is 38.0 Å². The van der Waals surface area contributed by atoms with Crippen LogP contribution in [0.2, 0.25) is 0 Å². The molecule has 0 radical (unpaired) electrons. The second kappa shape index (κ2) is 4.89. The second-order valence-corrected chi connectivity index (χ2v) is 5.47. The zero-order chi connectivity index (χ0) is 12.5. The third kappa shape index (κ3) is 2.57. The van der Waals surface area contributed by atoms with Crippen LogP contribution in [0.15, 0.2) is 0 Å². The average molecular weight is 224 g/mol. The summed E-state index contributed by atoms with van der Waals surface area (Å²) in [6, 6.07) is 0.207. The lowest BCUT2D eigenvalue weighted by Gasteiger charge is -2.08. The maximum atomic E-state index is 10.2. The largest absolute Gasteiger partial charge is 0.493 e. The minimum atomic E-state index is 0.207. The van der Waals surface area contributed by atoms with Gasteiger partial charge in [-0.1, -0.05) is 27.7 Å². The van der Waals surface area contributed by atoms with Crippen molar-refractivity contribution in [2.75, 3.05) is 0 Å². The Morgan fingerprint density at radius 1 is 1.12 bits per heavy atom. The van der Waals surface area contributed by atoms with Gasteiger partial charge in [0.25, 0.3) is 0 Å². The summed E-state index contributed by atoms with van der Waals surface area (Å²) < 4.78 is 1.73. The van der Waals surface area contributed by atoms with E-state index in [1.807, 2.05) is 13.8 Å². The normalized spacial score (nSPS) is 12.1. The van der Waals surface area contributed by atoms with Crippen molar-refractivity contribution < 1.29 is 5.11 Å². The lowest BCUT2D eigenvalue weighted by Crippen LogP contribution is -2.03. The van der Waals surface area contributed by atoms with Crippen LogP contribution in [0.4, 0.5) is 0 Å². The van der Waals surface area contributed by atoms with Gasteiger partial charge < -0.3 is 5.11 Å². The maximum Gasteiger partial charge on any atom is 0.213 e. The Morgan fingerprint density at radius 3 is 2.06 bits per heavy atom. The molecule has 0 atom stereocenters. The molecule has 0 spiro atoms. The van der Waals surface area contributed by atoms with Crippen LogP contribution in [-0.2, 0) is 6.42 Å². The van der Waals surface area contributed by atoms with Crippen LogP contribution in [0.5, 0.6) is 5.88 Å². The number of hydrogen-bond acceptors (Lipinski definition) is 2. The summed E-state index contributed by atoms with van der Waals surface area (Å²) in [6.07, 6.45) is 0.931. The van der Waals surface area contributed by atoms with Crippen LogP contribution in [0.3, 0.4) is 0 Å². The van der Waals surface area contributed by atoms with Crippen molar-refractivity contribution in [3.05, 3.63) is 11.3 Å². The summed E-state index contributed by atoms with van der Waals surface area (Å²) in [4.78, 5) is 0. The fraction of sp³-hybridized carbons (Fsp3) is 0.769. The Bertz CT molecular complexity index is 351. The Kier molecular flexibility index (Phi) is 4.00. The molecule has 1 aromatic rings. The molecule has 0 aliphatic carbocycles. The highest BCUT2D eigenvalue weighted by atomic mass is 16.3. The monoisotopic (exact) mass is 224 g/mol. The fourth-order valence-electron chi connectivity index (χ4n) is 1.97. The van der Waals surface area contributed by atoms with Crippen molar-refractivity contribution in [1.82, 2.24) is 9.78 Å². The van der Waals surface area contributed by atoms with E-state index >= 15 is 0 Å². The van der Waals surface area contributed by atoms with Gasteiger partial charge in [-0.3, -0.25) is 0 Å². The van der Waals surface area contributed by atoms with Crippen molar-refractivity contribution in [2.45, 2.75) is 59.9 Å². The van der Waals surface area contributed by atoms with Crippen LogP contribution in [0.1, 0.15) is 64.8 Å². The lowest BCUT2D eigenvalue weighted by molar-refractivity contribution is 0.371. The van der Waals surface area contributed by atoms with Gasteiger partial charge in [0.2, 0.25) is 5.88 Å². The van der Waals surface area contributed by atoms with Crippen molar-refractivity contribution in [3.8, 4) is 5.88 Å². The van der Waals surface area contributed by atoms with Gasteiger partial charge >= 0.3 is 0 Å². The van der Waals surface area contributed by atoms with Crippen LogP contribution in [0.25, 0.3) is 0 Å². The molecule has 1 rings (SSSR count). The first-order valence-corrected chi connectivity index (χ1v) is 6.14. The van der Waals surface area contributed by atoms with E-state index in [1.54, 1.807) is 4.68 Å². The van der Waals surface area contributed by atoms with Crippen molar-refractivity contribution in [3.63, 3.8) is 0 Å². The van der Waals surface area contributed by atoms with Crippen LogP contribution in [0, 0.1) is 5.92 Å². The Morgan fingerprint density at radius 2 is 1.69 bits per heavy atom. The van der Waals surface area contributed by atoms with E-state index in [1.165, 1.54) is 0 Å². The molecule has 0 bridgehead atoms. The summed E-state index contributed by atoms with van der Waals surface area (Å²) in [6.45, 7) is 12.6. The molecule has 3 nitrogen and oxygen atoms in total. The number of nitrogens with zero attached hydrogens (tertiary/aromatic N) is 2. The molecule has 0 aliphatic heterocycles. The predicted octanol–water partition coefficient (Wildman–Crippen LogP) is 3.49. The summed E-state index contributed by atoms with van der Waals surface area (Å²) in [5.41, 5.74) is 2.07. The molecule has 0 aliphatic rings. The third-order valence-electron chi connectivity index (χ3n) is 2.67. The molecule has 0 saturated carbocycles. The van der Waals surface area contributed by atoms with Gasteiger partial charge in [-0.25, -0.2) is 4.68 Å². The first-order chi connectivity index (χ1) is 7.34. The predicted molar refractivity (Wildman–Crippen MR) is 66.9 cm³/mol. The van der Waals surface area contributed by atoms with Gasteiger partial charge in [-0.15, -0.1) is 0 Å². The molecule has 0 aromatic carbocycles. The Labute approximate surface area is 98.5 Å². The zero-order valence-electron chi connectivity index (χ0n) is 11.3. The minimum absolute atomic E-state index is 0.207. The number of aromatic hydroxyl groups is 1. The van der Waals surface area contributed by atoms with Crippen LogP contribution < -0.4 is 0 Å². The molecule has 1 aromatic heterocycles. The third-order valence-corrected chi connectivity index (χ3v) is 2.67. The van der Waals surface area contributed by atoms with Gasteiger partial charge in [0.05, 0.1) is 11.7 Å². The highest BCUT2D eigenvalue weighted by Gasteiger charge is 2.21. The van der Waals surface area contributed by atoms with Crippen molar-refractivity contribution in [2.24, 2.45) is 5.92 Å². The highest BCUT2D eigenvalue weighted by Crippen LogP contribution is 2.32. The van der Waals surface area contributed by atoms with E-state index in [0.717, 1.165) is 17.7 Å². The summed E-state index contributed by atoms with van der Waals surface area (Å²) in [5, 5.41) is 14.7. The van der Waals surface area contributed by atoms with Gasteiger partial charge in [-0.05, 0) is 32.1 Å². The Hall–Kier alpha value is -0.990. The quantitative estimate of drug-likeness (QED) is 0.850. The lowest BCUT2D eigenvalue weighted by atomic mass is 9.98. The highest BCUT2D eigenvalue weighted by molar-refractivity contribution is 5.34. The van der Waals surface area contributed by atoms with E-state index in [4.69, 9.17) is 0 Å². The standard InChI is InChI=1S/C13H24N2O/c1-8(2)7-11-12(9(3)4)13(16)15(14-11)10(5)6/h8-10,16H,7H2,1-6H3. The zero-order valence-corrected chi connectivity index (χ0v) is 11.3. The number of hydrogen-bond donors (Lipinski definition) is 1. The van der Waals surface area contributed by atoms with E-state index in [0.29, 0.717) is 17.7 Å².